The van der Waals surface area contributed by atoms with Gasteiger partial charge < -0.3 is 5.32 Å². The Hall–Kier alpha value is -3.20. The lowest BCUT2D eigenvalue weighted by Crippen LogP contribution is -2.38. The van der Waals surface area contributed by atoms with Crippen molar-refractivity contribution in [2.24, 2.45) is 4.99 Å². The van der Waals surface area contributed by atoms with Gasteiger partial charge in [0.25, 0.3) is 0 Å². The third-order valence-electron chi connectivity index (χ3n) is 5.52. The van der Waals surface area contributed by atoms with Crippen molar-refractivity contribution < 1.29 is 4.79 Å². The predicted octanol–water partition coefficient (Wildman–Crippen LogP) is 4.29. The highest BCUT2D eigenvalue weighted by Gasteiger charge is 2.56. The van der Waals surface area contributed by atoms with Crippen LogP contribution in [0.3, 0.4) is 0 Å². The molecule has 3 aromatic carbocycles. The number of carbonyl (C=O) groups excluding carboxylic acids is 1. The summed E-state index contributed by atoms with van der Waals surface area (Å²) >= 11 is 0. The molecule has 126 valence electrons. The molecule has 5 rings (SSSR count). The summed E-state index contributed by atoms with van der Waals surface area (Å²) < 4.78 is 0. The number of nitrogens with zero attached hydrogens (tertiary/aromatic N) is 1. The second-order valence-corrected chi connectivity index (χ2v) is 6.94. The molecule has 0 aromatic heterocycles. The van der Waals surface area contributed by atoms with E-state index < -0.39 is 5.41 Å². The molecule has 0 saturated carbocycles. The number of hydrogen-bond acceptors (Lipinski definition) is 2. The van der Waals surface area contributed by atoms with Crippen molar-refractivity contribution in [3.8, 4) is 0 Å². The quantitative estimate of drug-likeness (QED) is 0.696. The molecule has 1 aliphatic heterocycles. The van der Waals surface area contributed by atoms with Gasteiger partial charge >= 0.3 is 0 Å². The van der Waals surface area contributed by atoms with E-state index in [1.807, 2.05) is 66.9 Å². The van der Waals surface area contributed by atoms with Crippen LogP contribution in [0.2, 0.25) is 0 Å². The average Bonchev–Trinajstić information content (AvgIpc) is 3.16. The van der Waals surface area contributed by atoms with Crippen LogP contribution in [0.25, 0.3) is 0 Å². The number of hydrogen-bond donors (Lipinski definition) is 1. The number of anilines is 1. The molecular formula is C23H18N2O. The van der Waals surface area contributed by atoms with Crippen LogP contribution in [0, 0.1) is 0 Å². The van der Waals surface area contributed by atoms with Crippen LogP contribution in [0.5, 0.6) is 0 Å². The van der Waals surface area contributed by atoms with Gasteiger partial charge in [-0.3, -0.25) is 9.79 Å². The highest BCUT2D eigenvalue weighted by molar-refractivity contribution is 6.08. The molecular weight excluding hydrogens is 320 g/mol. The van der Waals surface area contributed by atoms with Crippen LogP contribution < -0.4 is 5.32 Å². The molecule has 0 fully saturated rings. The second-order valence-electron chi connectivity index (χ2n) is 6.94. The van der Waals surface area contributed by atoms with Crippen molar-refractivity contribution in [3.63, 3.8) is 0 Å². The number of fused-ring (bicyclic) bond motifs is 3. The summed E-state index contributed by atoms with van der Waals surface area (Å²) in [4.78, 5) is 18.1. The molecule has 1 amide bonds. The lowest BCUT2D eigenvalue weighted by molar-refractivity contribution is -0.121. The van der Waals surface area contributed by atoms with Gasteiger partial charge in [0.05, 0.1) is 6.04 Å². The van der Waals surface area contributed by atoms with Gasteiger partial charge in [0.2, 0.25) is 5.91 Å². The van der Waals surface area contributed by atoms with Crippen molar-refractivity contribution in [3.05, 3.63) is 101 Å². The van der Waals surface area contributed by atoms with Gasteiger partial charge in [-0.1, -0.05) is 72.8 Å². The van der Waals surface area contributed by atoms with E-state index in [2.05, 4.69) is 23.5 Å². The van der Waals surface area contributed by atoms with Gasteiger partial charge in [-0.05, 0) is 34.7 Å². The molecule has 1 N–H and O–H groups in total. The molecule has 3 aromatic rings. The van der Waals surface area contributed by atoms with Gasteiger partial charge in [0.1, 0.15) is 5.41 Å². The standard InChI is InChI=1S/C23H18N2O/c26-22-23(19-12-6-7-13-20(19)25-22)14-17-10-4-5-11-18(17)21(23)24-15-16-8-2-1-3-9-16/h1-13,15,21H,14H2,(H,25,26). The van der Waals surface area contributed by atoms with E-state index in [9.17, 15) is 4.79 Å². The van der Waals surface area contributed by atoms with E-state index >= 15 is 0 Å². The normalized spacial score (nSPS) is 23.2. The van der Waals surface area contributed by atoms with Gasteiger partial charge in [-0.25, -0.2) is 0 Å². The Morgan fingerprint density at radius 1 is 0.923 bits per heavy atom. The summed E-state index contributed by atoms with van der Waals surface area (Å²) in [5.74, 6) is 0.0464. The molecule has 3 heteroatoms. The monoisotopic (exact) mass is 338 g/mol. The van der Waals surface area contributed by atoms with Crippen LogP contribution in [0.1, 0.15) is 28.3 Å². The number of para-hydroxylation sites is 1. The van der Waals surface area contributed by atoms with E-state index in [0.717, 1.165) is 22.4 Å². The van der Waals surface area contributed by atoms with Gasteiger partial charge in [-0.2, -0.15) is 0 Å². The highest BCUT2D eigenvalue weighted by atomic mass is 16.2. The Morgan fingerprint density at radius 3 is 2.54 bits per heavy atom. The van der Waals surface area contributed by atoms with Gasteiger partial charge in [-0.15, -0.1) is 0 Å². The third-order valence-corrected chi connectivity index (χ3v) is 5.52. The van der Waals surface area contributed by atoms with Crippen LogP contribution in [0.15, 0.2) is 83.9 Å². The summed E-state index contributed by atoms with van der Waals surface area (Å²) in [7, 11) is 0. The molecule has 1 aliphatic carbocycles. The first-order chi connectivity index (χ1) is 12.8. The largest absolute Gasteiger partial charge is 0.325 e. The second kappa shape index (κ2) is 5.67. The minimum Gasteiger partial charge on any atom is -0.325 e. The molecule has 2 atom stereocenters. The lowest BCUT2D eigenvalue weighted by atomic mass is 9.75. The Bertz CT molecular complexity index is 1030. The lowest BCUT2D eigenvalue weighted by Gasteiger charge is -2.27. The SMILES string of the molecule is O=C1Nc2ccccc2C12Cc1ccccc1C2N=Cc1ccccc1. The number of benzene rings is 3. The van der Waals surface area contributed by atoms with Crippen molar-refractivity contribution in [1.82, 2.24) is 0 Å². The molecule has 0 saturated heterocycles. The average molecular weight is 338 g/mol. The smallest absolute Gasteiger partial charge is 0.238 e. The maximum absolute atomic E-state index is 13.2. The van der Waals surface area contributed by atoms with E-state index in [4.69, 9.17) is 4.99 Å². The Morgan fingerprint density at radius 2 is 1.65 bits per heavy atom. The number of nitrogens with one attached hydrogen (secondary N) is 1. The number of amides is 1. The fourth-order valence-electron chi connectivity index (χ4n) is 4.32. The minimum atomic E-state index is -0.661. The van der Waals surface area contributed by atoms with Crippen molar-refractivity contribution >= 4 is 17.8 Å². The first-order valence-electron chi connectivity index (χ1n) is 8.86. The van der Waals surface area contributed by atoms with Crippen molar-refractivity contribution in [2.45, 2.75) is 17.9 Å². The van der Waals surface area contributed by atoms with Crippen molar-refractivity contribution in [1.29, 1.82) is 0 Å². The molecule has 0 radical (unpaired) electrons. The molecule has 1 heterocycles. The Balaban J connectivity index is 1.68. The summed E-state index contributed by atoms with van der Waals surface area (Å²) in [6.07, 6.45) is 2.57. The van der Waals surface area contributed by atoms with Crippen LogP contribution in [0.4, 0.5) is 5.69 Å². The maximum Gasteiger partial charge on any atom is 0.238 e. The predicted molar refractivity (Wildman–Crippen MR) is 104 cm³/mol. The van der Waals surface area contributed by atoms with Crippen LogP contribution in [-0.2, 0) is 16.6 Å². The molecule has 1 spiro atoms. The highest BCUT2D eigenvalue weighted by Crippen LogP contribution is 2.54. The maximum atomic E-state index is 13.2. The molecule has 26 heavy (non-hydrogen) atoms. The molecule has 2 aliphatic rings. The Kier molecular flexibility index (Phi) is 3.29. The number of carbonyl (C=O) groups is 1. The zero-order valence-corrected chi connectivity index (χ0v) is 14.2. The van der Waals surface area contributed by atoms with E-state index in [0.29, 0.717) is 6.42 Å². The fourth-order valence-corrected chi connectivity index (χ4v) is 4.32. The van der Waals surface area contributed by atoms with E-state index in [1.54, 1.807) is 0 Å². The summed E-state index contributed by atoms with van der Waals surface area (Å²) in [6.45, 7) is 0. The summed E-state index contributed by atoms with van der Waals surface area (Å²) in [6, 6.07) is 26.1. The summed E-state index contributed by atoms with van der Waals surface area (Å²) in [5.41, 5.74) is 4.69. The molecule has 0 bridgehead atoms. The zero-order chi connectivity index (χ0) is 17.6. The number of aliphatic imine (C=N–C) groups is 1. The topological polar surface area (TPSA) is 41.5 Å². The van der Waals surface area contributed by atoms with Gasteiger partial charge in [0, 0.05) is 11.9 Å². The van der Waals surface area contributed by atoms with Crippen molar-refractivity contribution in [2.75, 3.05) is 5.32 Å². The Labute approximate surface area is 152 Å². The van der Waals surface area contributed by atoms with Crippen LogP contribution >= 0.6 is 0 Å². The van der Waals surface area contributed by atoms with E-state index in [1.165, 1.54) is 5.56 Å². The zero-order valence-electron chi connectivity index (χ0n) is 14.2. The fraction of sp³-hybridized carbons (Fsp3) is 0.130. The van der Waals surface area contributed by atoms with E-state index in [-0.39, 0.29) is 11.9 Å². The van der Waals surface area contributed by atoms with Crippen LogP contribution in [-0.4, -0.2) is 12.1 Å². The molecule has 2 unspecified atom stereocenters. The minimum absolute atomic E-state index is 0.0464. The third kappa shape index (κ3) is 2.07. The molecule has 3 nitrogen and oxygen atoms in total. The number of rotatable bonds is 2. The van der Waals surface area contributed by atoms with Gasteiger partial charge in [0.15, 0.2) is 0 Å². The summed E-state index contributed by atoms with van der Waals surface area (Å²) in [5, 5.41) is 3.08. The first kappa shape index (κ1) is 15.1. The first-order valence-corrected chi connectivity index (χ1v) is 8.86.